The van der Waals surface area contributed by atoms with Gasteiger partial charge >= 0.3 is 0 Å². The minimum Gasteiger partial charge on any atom is -0.350 e. The van der Waals surface area contributed by atoms with Crippen molar-refractivity contribution in [2.24, 2.45) is 0 Å². The van der Waals surface area contributed by atoms with Crippen LogP contribution in [0.15, 0.2) is 48.5 Å². The number of carbonyl (C=O) groups is 2. The topological polar surface area (TPSA) is 95.6 Å². The van der Waals surface area contributed by atoms with Gasteiger partial charge in [0, 0.05) is 6.04 Å². The fraction of sp³-hybridized carbons (Fsp3) is 0.364. The quantitative estimate of drug-likeness (QED) is 0.612. The summed E-state index contributed by atoms with van der Waals surface area (Å²) in [5, 5.41) is 5.54. The molecule has 0 saturated heterocycles. The van der Waals surface area contributed by atoms with Crippen molar-refractivity contribution in [1.29, 1.82) is 0 Å². The molecule has 31 heavy (non-hydrogen) atoms. The third-order valence-electron chi connectivity index (χ3n) is 4.83. The molecule has 2 aromatic carbocycles. The van der Waals surface area contributed by atoms with Crippen LogP contribution in [0.2, 0.25) is 0 Å². The van der Waals surface area contributed by atoms with Gasteiger partial charge in [-0.1, -0.05) is 26.0 Å². The molecule has 0 fully saturated rings. The Morgan fingerprint density at radius 1 is 1.03 bits per heavy atom. The highest BCUT2D eigenvalue weighted by atomic mass is 32.2. The second-order valence-electron chi connectivity index (χ2n) is 7.28. The third-order valence-corrected chi connectivity index (χ3v) is 6.01. The number of hydrogen-bond donors (Lipinski definition) is 2. The summed E-state index contributed by atoms with van der Waals surface area (Å²) in [6.07, 6.45) is 1.90. The van der Waals surface area contributed by atoms with Crippen LogP contribution in [-0.2, 0) is 14.8 Å². The van der Waals surface area contributed by atoms with E-state index in [1.807, 2.05) is 13.8 Å². The zero-order valence-corrected chi connectivity index (χ0v) is 18.9. The molecule has 2 amide bonds. The van der Waals surface area contributed by atoms with Gasteiger partial charge in [-0.15, -0.1) is 0 Å². The van der Waals surface area contributed by atoms with E-state index in [0.717, 1.165) is 29.1 Å². The van der Waals surface area contributed by atoms with Gasteiger partial charge in [0.1, 0.15) is 11.9 Å². The van der Waals surface area contributed by atoms with Gasteiger partial charge in [0.2, 0.25) is 15.9 Å². The second kappa shape index (κ2) is 10.4. The first-order chi connectivity index (χ1) is 14.6. The summed E-state index contributed by atoms with van der Waals surface area (Å²) in [7, 11) is -3.85. The van der Waals surface area contributed by atoms with Crippen LogP contribution in [0.5, 0.6) is 0 Å². The monoisotopic (exact) mass is 449 g/mol. The molecule has 0 spiro atoms. The lowest BCUT2D eigenvalue weighted by atomic mass is 10.1. The Labute approximate surface area is 182 Å². The Hall–Kier alpha value is -2.94. The van der Waals surface area contributed by atoms with Crippen LogP contribution in [-0.4, -0.2) is 38.6 Å². The predicted molar refractivity (Wildman–Crippen MR) is 120 cm³/mol. The van der Waals surface area contributed by atoms with E-state index in [2.05, 4.69) is 10.6 Å². The van der Waals surface area contributed by atoms with E-state index in [-0.39, 0.29) is 35.3 Å². The highest BCUT2D eigenvalue weighted by molar-refractivity contribution is 7.92. The molecule has 0 aliphatic carbocycles. The van der Waals surface area contributed by atoms with Gasteiger partial charge in [-0.2, -0.15) is 0 Å². The second-order valence-corrected chi connectivity index (χ2v) is 9.14. The van der Waals surface area contributed by atoms with E-state index in [4.69, 9.17) is 0 Å². The highest BCUT2D eigenvalue weighted by Crippen LogP contribution is 2.24. The van der Waals surface area contributed by atoms with Crippen molar-refractivity contribution in [2.45, 2.75) is 45.7 Å². The molecule has 0 radical (unpaired) electrons. The summed E-state index contributed by atoms with van der Waals surface area (Å²) in [4.78, 5) is 25.7. The minimum absolute atomic E-state index is 0.0427. The maximum atomic E-state index is 13.3. The standard InChI is InChI=1S/C22H28FN3O4S/c1-5-15(3)24-21(27)18-9-7-8-10-19(18)25-22(28)20(6-2)26(31(4,29)30)17-13-11-16(23)12-14-17/h7-15,20H,5-6H2,1-4H3,(H,24,27)(H,25,28). The third kappa shape index (κ3) is 6.27. The van der Waals surface area contributed by atoms with Crippen LogP contribution in [0, 0.1) is 5.82 Å². The molecule has 168 valence electrons. The predicted octanol–water partition coefficient (Wildman–Crippen LogP) is 3.54. The van der Waals surface area contributed by atoms with Gasteiger partial charge in [-0.05, 0) is 56.2 Å². The number of carbonyl (C=O) groups excluding carboxylic acids is 2. The lowest BCUT2D eigenvalue weighted by Crippen LogP contribution is -2.47. The van der Waals surface area contributed by atoms with E-state index >= 15 is 0 Å². The first kappa shape index (κ1) is 24.3. The van der Waals surface area contributed by atoms with Gasteiger partial charge in [0.05, 0.1) is 23.2 Å². The molecule has 0 heterocycles. The molecule has 0 aliphatic heterocycles. The molecular formula is C22H28FN3O4S. The molecule has 2 atom stereocenters. The average Bonchev–Trinajstić information content (AvgIpc) is 2.72. The van der Waals surface area contributed by atoms with E-state index < -0.39 is 27.8 Å². The van der Waals surface area contributed by atoms with Crippen molar-refractivity contribution in [3.8, 4) is 0 Å². The number of hydrogen-bond acceptors (Lipinski definition) is 4. The number of halogens is 1. The van der Waals surface area contributed by atoms with E-state index in [0.29, 0.717) is 0 Å². The molecule has 9 heteroatoms. The number of benzene rings is 2. The Morgan fingerprint density at radius 3 is 2.19 bits per heavy atom. The van der Waals surface area contributed by atoms with Crippen molar-refractivity contribution in [3.63, 3.8) is 0 Å². The molecule has 0 bridgehead atoms. The molecule has 0 aromatic heterocycles. The van der Waals surface area contributed by atoms with Crippen molar-refractivity contribution >= 4 is 33.2 Å². The van der Waals surface area contributed by atoms with E-state index in [1.54, 1.807) is 31.2 Å². The fourth-order valence-corrected chi connectivity index (χ4v) is 4.27. The SMILES string of the molecule is CCC(C)NC(=O)c1ccccc1NC(=O)C(CC)N(c1ccc(F)cc1)S(C)(=O)=O. The normalized spacial score (nSPS) is 13.2. The summed E-state index contributed by atoms with van der Waals surface area (Å²) in [5.41, 5.74) is 0.728. The number of amides is 2. The Kier molecular flexibility index (Phi) is 8.15. The maximum absolute atomic E-state index is 13.3. The number of rotatable bonds is 9. The maximum Gasteiger partial charge on any atom is 0.253 e. The Balaban J connectivity index is 2.36. The molecule has 7 nitrogen and oxygen atoms in total. The number of para-hydroxylation sites is 1. The summed E-state index contributed by atoms with van der Waals surface area (Å²) < 4.78 is 39.3. The van der Waals surface area contributed by atoms with E-state index in [9.17, 15) is 22.4 Å². The molecule has 2 aromatic rings. The lowest BCUT2D eigenvalue weighted by molar-refractivity contribution is -0.117. The van der Waals surface area contributed by atoms with E-state index in [1.165, 1.54) is 12.1 Å². The molecule has 0 aliphatic rings. The van der Waals surface area contributed by atoms with Crippen LogP contribution < -0.4 is 14.9 Å². The van der Waals surface area contributed by atoms with Crippen LogP contribution in [0.25, 0.3) is 0 Å². The van der Waals surface area contributed by atoms with Crippen molar-refractivity contribution in [2.75, 3.05) is 15.9 Å². The Morgan fingerprint density at radius 2 is 1.65 bits per heavy atom. The number of anilines is 2. The van der Waals surface area contributed by atoms with Crippen molar-refractivity contribution in [3.05, 3.63) is 59.9 Å². The molecular weight excluding hydrogens is 421 g/mol. The fourth-order valence-electron chi connectivity index (χ4n) is 3.06. The largest absolute Gasteiger partial charge is 0.350 e. The molecule has 2 N–H and O–H groups in total. The van der Waals surface area contributed by atoms with Gasteiger partial charge in [-0.25, -0.2) is 12.8 Å². The van der Waals surface area contributed by atoms with Crippen LogP contribution in [0.4, 0.5) is 15.8 Å². The van der Waals surface area contributed by atoms with Gasteiger partial charge < -0.3 is 10.6 Å². The molecule has 2 rings (SSSR count). The summed E-state index contributed by atoms with van der Waals surface area (Å²) >= 11 is 0. The first-order valence-corrected chi connectivity index (χ1v) is 11.9. The number of nitrogens with one attached hydrogen (secondary N) is 2. The highest BCUT2D eigenvalue weighted by Gasteiger charge is 2.32. The summed E-state index contributed by atoms with van der Waals surface area (Å²) in [6.45, 7) is 5.49. The minimum atomic E-state index is -3.85. The summed E-state index contributed by atoms with van der Waals surface area (Å²) in [6, 6.07) is 10.3. The molecule has 2 unspecified atom stereocenters. The van der Waals surface area contributed by atoms with Gasteiger partial charge in [0.15, 0.2) is 0 Å². The first-order valence-electron chi connectivity index (χ1n) is 10.0. The van der Waals surface area contributed by atoms with Crippen molar-refractivity contribution < 1.29 is 22.4 Å². The van der Waals surface area contributed by atoms with Gasteiger partial charge in [-0.3, -0.25) is 13.9 Å². The van der Waals surface area contributed by atoms with Crippen LogP contribution in [0.1, 0.15) is 44.0 Å². The average molecular weight is 450 g/mol. The lowest BCUT2D eigenvalue weighted by Gasteiger charge is -2.30. The zero-order chi connectivity index (χ0) is 23.2. The smallest absolute Gasteiger partial charge is 0.253 e. The summed E-state index contributed by atoms with van der Waals surface area (Å²) in [5.74, 6) is -1.45. The number of nitrogens with zero attached hydrogens (tertiary/aromatic N) is 1. The zero-order valence-electron chi connectivity index (χ0n) is 18.1. The van der Waals surface area contributed by atoms with Crippen molar-refractivity contribution in [1.82, 2.24) is 5.32 Å². The number of sulfonamides is 1. The van der Waals surface area contributed by atoms with Crippen LogP contribution >= 0.6 is 0 Å². The van der Waals surface area contributed by atoms with Crippen LogP contribution in [0.3, 0.4) is 0 Å². The Bertz CT molecular complexity index is 1030. The van der Waals surface area contributed by atoms with Gasteiger partial charge in [0.25, 0.3) is 5.91 Å². The molecule has 0 saturated carbocycles.